The van der Waals surface area contributed by atoms with E-state index < -0.39 is 27.4 Å². The minimum absolute atomic E-state index is 0.0799. The molecule has 45 heavy (non-hydrogen) atoms. The summed E-state index contributed by atoms with van der Waals surface area (Å²) in [5.41, 5.74) is 4.59. The molecule has 2 aromatic carbocycles. The van der Waals surface area contributed by atoms with E-state index in [1.165, 1.54) is 5.01 Å². The summed E-state index contributed by atoms with van der Waals surface area (Å²) in [4.78, 5) is 29.3. The van der Waals surface area contributed by atoms with Crippen LogP contribution in [0.4, 0.5) is 0 Å². The second-order valence-corrected chi connectivity index (χ2v) is 14.9. The summed E-state index contributed by atoms with van der Waals surface area (Å²) in [6, 6.07) is 13.6. The molecule has 0 aliphatic carbocycles. The summed E-state index contributed by atoms with van der Waals surface area (Å²) >= 11 is 0. The zero-order chi connectivity index (χ0) is 32.6. The van der Waals surface area contributed by atoms with Crippen molar-refractivity contribution in [3.8, 4) is 5.75 Å². The minimum atomic E-state index is -3.82. The lowest BCUT2D eigenvalue weighted by Crippen LogP contribution is -2.60. The van der Waals surface area contributed by atoms with Gasteiger partial charge in [0.15, 0.2) is 9.84 Å². The minimum Gasteiger partial charge on any atom is -0.493 e. The highest BCUT2D eigenvalue weighted by atomic mass is 32.2. The molecule has 4 atom stereocenters. The van der Waals surface area contributed by atoms with Crippen LogP contribution >= 0.6 is 0 Å². The lowest BCUT2D eigenvalue weighted by atomic mass is 9.98. The molecule has 248 valence electrons. The fourth-order valence-electron chi connectivity index (χ4n) is 6.00. The van der Waals surface area contributed by atoms with Gasteiger partial charge in [0.1, 0.15) is 11.1 Å². The van der Waals surface area contributed by atoms with Crippen molar-refractivity contribution >= 4 is 21.7 Å². The van der Waals surface area contributed by atoms with E-state index >= 15 is 0 Å². The van der Waals surface area contributed by atoms with E-state index in [1.54, 1.807) is 18.2 Å². The average Bonchev–Trinajstić information content (AvgIpc) is 3.70. The van der Waals surface area contributed by atoms with Crippen LogP contribution in [0, 0.1) is 11.8 Å². The number of likely N-dealkylation sites (tertiary alicyclic amines) is 1. The highest BCUT2D eigenvalue weighted by molar-refractivity contribution is 7.92. The molecule has 4 rings (SSSR count). The number of sulfone groups is 1. The molecule has 1 unspecified atom stereocenters. The van der Waals surface area contributed by atoms with Gasteiger partial charge < -0.3 is 9.84 Å². The van der Waals surface area contributed by atoms with Crippen molar-refractivity contribution < 1.29 is 27.9 Å². The molecule has 11 heteroatoms. The van der Waals surface area contributed by atoms with Crippen LogP contribution in [0.15, 0.2) is 53.4 Å². The molecule has 1 fully saturated rings. The van der Waals surface area contributed by atoms with Crippen molar-refractivity contribution in [1.29, 1.82) is 0 Å². The van der Waals surface area contributed by atoms with E-state index in [1.807, 2.05) is 58.0 Å². The summed E-state index contributed by atoms with van der Waals surface area (Å²) < 4.78 is 33.2. The molecular weight excluding hydrogens is 592 g/mol. The summed E-state index contributed by atoms with van der Waals surface area (Å²) in [5, 5.41) is 15.2. The van der Waals surface area contributed by atoms with E-state index in [0.29, 0.717) is 18.8 Å². The summed E-state index contributed by atoms with van der Waals surface area (Å²) in [5.74, 6) is -0.127. The largest absolute Gasteiger partial charge is 0.493 e. The van der Waals surface area contributed by atoms with Crippen molar-refractivity contribution in [1.82, 2.24) is 20.7 Å². The van der Waals surface area contributed by atoms with Gasteiger partial charge in [0.25, 0.3) is 5.91 Å². The van der Waals surface area contributed by atoms with Gasteiger partial charge in [-0.3, -0.25) is 25.2 Å². The highest BCUT2D eigenvalue weighted by Crippen LogP contribution is 2.30. The predicted molar refractivity (Wildman–Crippen MR) is 174 cm³/mol. The second kappa shape index (κ2) is 16.0. The van der Waals surface area contributed by atoms with Gasteiger partial charge in [0.05, 0.1) is 30.2 Å². The first-order valence-electron chi connectivity index (χ1n) is 16.3. The van der Waals surface area contributed by atoms with Crippen LogP contribution in [0.3, 0.4) is 0 Å². The Morgan fingerprint density at radius 2 is 1.78 bits per heavy atom. The Balaban J connectivity index is 1.58. The van der Waals surface area contributed by atoms with Gasteiger partial charge in [-0.25, -0.2) is 13.4 Å². The van der Waals surface area contributed by atoms with Crippen molar-refractivity contribution in [2.75, 3.05) is 32.8 Å². The maximum absolute atomic E-state index is 13.8. The number of hydrogen-bond donors (Lipinski definition) is 3. The predicted octanol–water partition coefficient (Wildman–Crippen LogP) is 3.33. The fraction of sp³-hybridized carbons (Fsp3) is 0.588. The topological polar surface area (TPSA) is 128 Å². The van der Waals surface area contributed by atoms with Gasteiger partial charge in [0.2, 0.25) is 5.91 Å². The molecule has 2 aromatic rings. The number of hydrazine groups is 1. The van der Waals surface area contributed by atoms with E-state index in [2.05, 4.69) is 15.6 Å². The molecule has 0 radical (unpaired) electrons. The molecule has 0 saturated carbocycles. The van der Waals surface area contributed by atoms with E-state index in [-0.39, 0.29) is 54.5 Å². The van der Waals surface area contributed by atoms with Crippen LogP contribution in [0.2, 0.25) is 0 Å². The monoisotopic (exact) mass is 642 g/mol. The first-order chi connectivity index (χ1) is 21.5. The van der Waals surface area contributed by atoms with Gasteiger partial charge in [0, 0.05) is 19.4 Å². The molecule has 2 amide bonds. The molecule has 2 aliphatic rings. The van der Waals surface area contributed by atoms with Crippen LogP contribution in [0.1, 0.15) is 64.5 Å². The number of carbonyl (C=O) groups is 2. The molecule has 2 heterocycles. The number of fused-ring (bicyclic) bond motifs is 1. The van der Waals surface area contributed by atoms with Crippen LogP contribution in [0.25, 0.3) is 0 Å². The molecule has 2 aliphatic heterocycles. The van der Waals surface area contributed by atoms with Gasteiger partial charge >= 0.3 is 0 Å². The number of amides is 2. The van der Waals surface area contributed by atoms with Gasteiger partial charge in [-0.15, -0.1) is 0 Å². The Kier molecular flexibility index (Phi) is 12.4. The highest BCUT2D eigenvalue weighted by Gasteiger charge is 2.36. The maximum atomic E-state index is 13.8. The Morgan fingerprint density at radius 3 is 2.44 bits per heavy atom. The quantitative estimate of drug-likeness (QED) is 0.253. The number of aliphatic hydroxyl groups excluding tert-OH is 1. The van der Waals surface area contributed by atoms with Crippen molar-refractivity contribution in [2.45, 2.75) is 88.6 Å². The Morgan fingerprint density at radius 1 is 1.07 bits per heavy atom. The Hall–Kier alpha value is -2.99. The number of aliphatic hydroxyl groups is 1. The Labute approximate surface area is 268 Å². The Bertz CT molecular complexity index is 1380. The standard InChI is InChI=1S/C34H50N4O6S/c1-5-25(4)19-33(41)38(36-32(40)23-37-16-9-10-17-37)29(20-26-11-7-6-8-12-26)30(39)22-35-34(24(2)3)45(42,43)28-13-14-31-27(21-28)15-18-44-31/h6-8,11-14,21,24-25,29-30,34-35,39H,5,9-10,15-20,22-23H2,1-4H3,(H,36,40)/t25-,29-,30+,34?/m0/s1. The second-order valence-electron chi connectivity index (χ2n) is 12.8. The molecule has 1 saturated heterocycles. The third-order valence-corrected chi connectivity index (χ3v) is 11.1. The van der Waals surface area contributed by atoms with Gasteiger partial charge in [-0.1, -0.05) is 64.4 Å². The van der Waals surface area contributed by atoms with E-state index in [4.69, 9.17) is 4.74 Å². The van der Waals surface area contributed by atoms with Crippen molar-refractivity contribution in [2.24, 2.45) is 11.8 Å². The zero-order valence-electron chi connectivity index (χ0n) is 27.1. The van der Waals surface area contributed by atoms with Crippen molar-refractivity contribution in [3.05, 3.63) is 59.7 Å². The molecule has 0 spiro atoms. The van der Waals surface area contributed by atoms with Crippen LogP contribution in [0.5, 0.6) is 5.75 Å². The summed E-state index contributed by atoms with van der Waals surface area (Å²) in [7, 11) is -3.82. The van der Waals surface area contributed by atoms with E-state index in [0.717, 1.165) is 43.5 Å². The third-order valence-electron chi connectivity index (χ3n) is 8.82. The normalized spacial score (nSPS) is 17.7. The number of benzene rings is 2. The number of nitrogens with zero attached hydrogens (tertiary/aromatic N) is 2. The number of hydrogen-bond acceptors (Lipinski definition) is 8. The first-order valence-corrected chi connectivity index (χ1v) is 17.8. The smallest absolute Gasteiger partial charge is 0.252 e. The lowest BCUT2D eigenvalue weighted by Gasteiger charge is -2.37. The van der Waals surface area contributed by atoms with E-state index in [9.17, 15) is 23.1 Å². The molecule has 3 N–H and O–H groups in total. The molecular formula is C34H50N4O6S. The van der Waals surface area contributed by atoms with Crippen LogP contribution in [-0.2, 0) is 32.3 Å². The molecule has 0 aromatic heterocycles. The average molecular weight is 643 g/mol. The van der Waals surface area contributed by atoms with Gasteiger partial charge in [-0.05, 0) is 73.5 Å². The summed E-state index contributed by atoms with van der Waals surface area (Å²) in [6.45, 7) is 9.87. The summed E-state index contributed by atoms with van der Waals surface area (Å²) in [6.07, 6.45) is 2.79. The van der Waals surface area contributed by atoms with Crippen LogP contribution < -0.4 is 15.5 Å². The SMILES string of the molecule is CC[C@H](C)CC(=O)N(NC(=O)CN1CCCC1)[C@@H](Cc1ccccc1)[C@H](O)CNC(C(C)C)S(=O)(=O)c1ccc2c(c1)CCO2. The maximum Gasteiger partial charge on any atom is 0.252 e. The number of carbonyl (C=O) groups excluding carboxylic acids is 2. The third kappa shape index (κ3) is 9.28. The number of ether oxygens (including phenoxy) is 1. The first kappa shape index (κ1) is 34.9. The molecule has 0 bridgehead atoms. The van der Waals surface area contributed by atoms with Gasteiger partial charge in [-0.2, -0.15) is 0 Å². The number of nitrogens with one attached hydrogen (secondary N) is 2. The van der Waals surface area contributed by atoms with Crippen molar-refractivity contribution in [3.63, 3.8) is 0 Å². The molecule has 10 nitrogen and oxygen atoms in total. The fourth-order valence-corrected chi connectivity index (χ4v) is 7.89. The number of rotatable bonds is 15. The zero-order valence-corrected chi connectivity index (χ0v) is 27.9. The van der Waals surface area contributed by atoms with Crippen LogP contribution in [-0.4, -0.2) is 85.6 Å². The lowest BCUT2D eigenvalue weighted by molar-refractivity contribution is -0.148.